The molecule has 4 atom stereocenters. The number of hydrogen-bond acceptors (Lipinski definition) is 12. The highest BCUT2D eigenvalue weighted by atomic mass is 19.4. The molecular formula is C64H125F3N2O11. The van der Waals surface area contributed by atoms with Gasteiger partial charge < -0.3 is 40.1 Å². The Hall–Kier alpha value is -2.08. The van der Waals surface area contributed by atoms with Gasteiger partial charge in [-0.3, -0.25) is 19.4 Å². The average Bonchev–Trinajstić information content (AvgIpc) is 3.38. The maximum Gasteiger partial charge on any atom is 0.490 e. The van der Waals surface area contributed by atoms with Crippen molar-refractivity contribution in [1.82, 2.24) is 9.80 Å². The lowest BCUT2D eigenvalue weighted by Gasteiger charge is -2.27. The summed E-state index contributed by atoms with van der Waals surface area (Å²) in [4.78, 5) is 38.8. The number of unbranched alkanes of at least 4 members (excludes halogenated alkanes) is 30. The number of aliphatic hydroxyl groups is 5. The lowest BCUT2D eigenvalue weighted by Crippen LogP contribution is -2.39. The molecule has 0 fully saturated rings. The van der Waals surface area contributed by atoms with Crippen LogP contribution in [0.2, 0.25) is 0 Å². The van der Waals surface area contributed by atoms with Gasteiger partial charge in [-0.05, 0) is 71.4 Å². The maximum atomic E-state index is 12.8. The van der Waals surface area contributed by atoms with E-state index in [4.69, 9.17) is 19.4 Å². The number of carbonyl (C=O) groups is 3. The molecule has 0 aliphatic heterocycles. The Morgan fingerprint density at radius 2 is 0.600 bits per heavy atom. The fourth-order valence-electron chi connectivity index (χ4n) is 10.2. The van der Waals surface area contributed by atoms with E-state index in [2.05, 4.69) is 37.5 Å². The fraction of sp³-hybridized carbons (Fsp3) is 0.953. The lowest BCUT2D eigenvalue weighted by molar-refractivity contribution is -0.192. The summed E-state index contributed by atoms with van der Waals surface area (Å²) in [5, 5.41) is 62.0. The molecule has 13 nitrogen and oxygen atoms in total. The van der Waals surface area contributed by atoms with E-state index in [1.165, 1.54) is 161 Å². The molecule has 0 rings (SSSR count). The summed E-state index contributed by atoms with van der Waals surface area (Å²) in [7, 11) is 0. The van der Waals surface area contributed by atoms with Gasteiger partial charge in [0.2, 0.25) is 0 Å². The Balaban J connectivity index is 0. The van der Waals surface area contributed by atoms with Gasteiger partial charge in [0.25, 0.3) is 0 Å². The number of esters is 2. The van der Waals surface area contributed by atoms with E-state index < -0.39 is 54.1 Å². The Morgan fingerprint density at radius 1 is 0.388 bits per heavy atom. The molecule has 0 saturated heterocycles. The first-order chi connectivity index (χ1) is 38.3. The number of ether oxygens (including phenoxy) is 2. The summed E-state index contributed by atoms with van der Waals surface area (Å²) in [5.41, 5.74) is -1.60. The minimum Gasteiger partial charge on any atom is -0.475 e. The standard InChI is InChI=1S/C62H124N2O9.C2HF3O2/c1-6-10-14-18-22-26-30-34-42-56(65)52-63(53-57(66)43-35-31-27-23-19-15-11-7-2)46-38-40-48-72-60(69)50-62(5,71)51-61(70)73-49-41-39-47-64(54-58(67)44-36-32-28-24-20-16-12-8-3)55-59(68)45-37-33-29-25-21-17-13-9-4;3-2(4,5)1(6)7/h56-59,65-68,71H,6-55H2,1-5H3;(H,6,7). The molecule has 6 N–H and O–H groups in total. The second-order valence-corrected chi connectivity index (χ2v) is 23.7. The number of carboxylic acids is 1. The van der Waals surface area contributed by atoms with Crippen LogP contribution in [-0.4, -0.2) is 147 Å². The second kappa shape index (κ2) is 56.1. The fourth-order valence-corrected chi connectivity index (χ4v) is 10.2. The molecule has 4 unspecified atom stereocenters. The number of aliphatic hydroxyl groups excluding tert-OH is 4. The predicted molar refractivity (Wildman–Crippen MR) is 320 cm³/mol. The summed E-state index contributed by atoms with van der Waals surface area (Å²) in [6, 6.07) is 0. The summed E-state index contributed by atoms with van der Waals surface area (Å²) in [5.74, 6) is -3.89. The van der Waals surface area contributed by atoms with Crippen LogP contribution in [0, 0.1) is 0 Å². The summed E-state index contributed by atoms with van der Waals surface area (Å²) in [6.07, 6.45) is 37.5. The number of halogens is 3. The molecule has 0 bridgehead atoms. The number of alkyl halides is 3. The highest BCUT2D eigenvalue weighted by Gasteiger charge is 2.38. The average molecular weight is 1160 g/mol. The minimum absolute atomic E-state index is 0.193. The first-order valence-corrected chi connectivity index (χ1v) is 32.8. The zero-order valence-corrected chi connectivity index (χ0v) is 51.9. The van der Waals surface area contributed by atoms with Crippen molar-refractivity contribution in [2.45, 2.75) is 340 Å². The third-order valence-electron chi connectivity index (χ3n) is 15.0. The third kappa shape index (κ3) is 57.7. The van der Waals surface area contributed by atoms with Crippen LogP contribution in [0.5, 0.6) is 0 Å². The van der Waals surface area contributed by atoms with Crippen molar-refractivity contribution >= 4 is 17.9 Å². The zero-order chi connectivity index (χ0) is 60.0. The summed E-state index contributed by atoms with van der Waals surface area (Å²) >= 11 is 0. The molecule has 0 amide bonds. The van der Waals surface area contributed by atoms with Crippen LogP contribution in [0.3, 0.4) is 0 Å². The van der Waals surface area contributed by atoms with E-state index in [9.17, 15) is 48.3 Å². The maximum absolute atomic E-state index is 12.8. The molecule has 0 radical (unpaired) electrons. The van der Waals surface area contributed by atoms with E-state index in [0.717, 1.165) is 89.9 Å². The van der Waals surface area contributed by atoms with Gasteiger partial charge in [-0.2, -0.15) is 13.2 Å². The van der Waals surface area contributed by atoms with Crippen molar-refractivity contribution < 1.29 is 67.7 Å². The molecule has 0 aliphatic rings. The van der Waals surface area contributed by atoms with Crippen molar-refractivity contribution in [2.24, 2.45) is 0 Å². The first kappa shape index (κ1) is 80.0. The number of rotatable bonds is 58. The van der Waals surface area contributed by atoms with Crippen LogP contribution in [0.15, 0.2) is 0 Å². The normalized spacial score (nSPS) is 14.1. The van der Waals surface area contributed by atoms with Gasteiger partial charge in [0.05, 0.1) is 56.1 Å². The van der Waals surface area contributed by atoms with Crippen molar-refractivity contribution in [3.05, 3.63) is 0 Å². The van der Waals surface area contributed by atoms with E-state index in [0.29, 0.717) is 52.1 Å². The Labute approximate surface area is 486 Å². The van der Waals surface area contributed by atoms with Gasteiger partial charge in [0, 0.05) is 26.2 Å². The first-order valence-electron chi connectivity index (χ1n) is 32.8. The highest BCUT2D eigenvalue weighted by Crippen LogP contribution is 2.20. The number of nitrogens with zero attached hydrogens (tertiary/aromatic N) is 2. The quantitative estimate of drug-likeness (QED) is 0.0249. The van der Waals surface area contributed by atoms with Crippen molar-refractivity contribution in [3.8, 4) is 0 Å². The van der Waals surface area contributed by atoms with Gasteiger partial charge in [-0.25, -0.2) is 4.79 Å². The molecule has 0 aromatic rings. The zero-order valence-electron chi connectivity index (χ0n) is 51.9. The van der Waals surface area contributed by atoms with Crippen LogP contribution < -0.4 is 0 Å². The molecular weight excluding hydrogens is 1030 g/mol. The van der Waals surface area contributed by atoms with Crippen LogP contribution in [0.25, 0.3) is 0 Å². The van der Waals surface area contributed by atoms with E-state index in [1.54, 1.807) is 0 Å². The number of carbonyl (C=O) groups excluding carboxylic acids is 2. The van der Waals surface area contributed by atoms with Crippen LogP contribution in [0.1, 0.15) is 304 Å². The predicted octanol–water partition coefficient (Wildman–Crippen LogP) is 15.0. The third-order valence-corrected chi connectivity index (χ3v) is 15.0. The van der Waals surface area contributed by atoms with Gasteiger partial charge in [0.1, 0.15) is 0 Å². The second-order valence-electron chi connectivity index (χ2n) is 23.7. The molecule has 0 aliphatic carbocycles. The molecule has 16 heteroatoms. The molecule has 0 aromatic carbocycles. The topological polar surface area (TPSA) is 198 Å². The molecule has 478 valence electrons. The highest BCUT2D eigenvalue weighted by molar-refractivity contribution is 5.75. The lowest BCUT2D eigenvalue weighted by atomic mass is 9.98. The van der Waals surface area contributed by atoms with E-state index >= 15 is 0 Å². The number of carboxylic acid groups (broad SMARTS) is 1. The molecule has 0 spiro atoms. The minimum atomic E-state index is -5.08. The van der Waals surface area contributed by atoms with Crippen LogP contribution in [0.4, 0.5) is 13.2 Å². The summed E-state index contributed by atoms with van der Waals surface area (Å²) in [6.45, 7) is 14.3. The largest absolute Gasteiger partial charge is 0.490 e. The number of aliphatic carboxylic acids is 1. The van der Waals surface area contributed by atoms with Crippen molar-refractivity contribution in [1.29, 1.82) is 0 Å². The van der Waals surface area contributed by atoms with Gasteiger partial charge >= 0.3 is 24.1 Å². The Bertz CT molecular complexity index is 1240. The smallest absolute Gasteiger partial charge is 0.475 e. The van der Waals surface area contributed by atoms with Gasteiger partial charge in [0.15, 0.2) is 0 Å². The Kier molecular flexibility index (Phi) is 56.1. The van der Waals surface area contributed by atoms with Crippen LogP contribution in [-0.2, 0) is 23.9 Å². The molecule has 0 heterocycles. The number of hydrogen-bond donors (Lipinski definition) is 6. The van der Waals surface area contributed by atoms with Gasteiger partial charge in [-0.1, -0.05) is 233 Å². The Morgan fingerprint density at radius 3 is 0.812 bits per heavy atom. The molecule has 80 heavy (non-hydrogen) atoms. The monoisotopic (exact) mass is 1150 g/mol. The van der Waals surface area contributed by atoms with Crippen LogP contribution >= 0.6 is 0 Å². The summed E-state index contributed by atoms with van der Waals surface area (Å²) < 4.78 is 42.7. The SMILES string of the molecule is CCCCCCCCCCC(O)CN(CCCCOC(=O)CC(C)(O)CC(=O)OCCCCN(CC(O)CCCCCCCCCC)CC(O)CCCCCCCCCC)CC(O)CCCCCCCCCC.O=C(O)C(F)(F)F. The molecule has 0 saturated carbocycles. The van der Waals surface area contributed by atoms with Gasteiger partial charge in [-0.15, -0.1) is 0 Å². The van der Waals surface area contributed by atoms with E-state index in [1.807, 2.05) is 0 Å². The van der Waals surface area contributed by atoms with E-state index in [-0.39, 0.29) is 26.1 Å². The van der Waals surface area contributed by atoms with Crippen molar-refractivity contribution in [2.75, 3.05) is 52.5 Å². The van der Waals surface area contributed by atoms with Crippen molar-refractivity contribution in [3.63, 3.8) is 0 Å². The molecule has 0 aromatic heterocycles.